The molecule has 1 aliphatic rings. The molecule has 1 unspecified atom stereocenters. The zero-order valence-corrected chi connectivity index (χ0v) is 14.6. The second kappa shape index (κ2) is 6.63. The number of sulfonamides is 1. The van der Waals surface area contributed by atoms with Crippen molar-refractivity contribution < 1.29 is 13.2 Å². The van der Waals surface area contributed by atoms with Crippen LogP contribution in [0.1, 0.15) is 12.8 Å². The van der Waals surface area contributed by atoms with Gasteiger partial charge in [-0.25, -0.2) is 22.9 Å². The lowest BCUT2D eigenvalue weighted by molar-refractivity contribution is 0.114. The fourth-order valence-electron chi connectivity index (χ4n) is 2.93. The first-order valence-corrected chi connectivity index (χ1v) is 9.66. The van der Waals surface area contributed by atoms with E-state index >= 15 is 0 Å². The highest BCUT2D eigenvalue weighted by Crippen LogP contribution is 2.24. The number of hydrogen-bond acceptors (Lipinski definition) is 6. The van der Waals surface area contributed by atoms with Gasteiger partial charge in [0.25, 0.3) is 0 Å². The summed E-state index contributed by atoms with van der Waals surface area (Å²) in [6.45, 7) is 0.947. The van der Waals surface area contributed by atoms with Gasteiger partial charge in [0.15, 0.2) is 5.65 Å². The van der Waals surface area contributed by atoms with E-state index in [9.17, 15) is 13.2 Å². The summed E-state index contributed by atoms with van der Waals surface area (Å²) in [7, 11) is -3.60. The molecule has 1 fully saturated rings. The SMILES string of the molecule is O=c1[nH]cnc2c(-c3ccc(S(=O)(=O)NCC4CCCO4)cc3)cnn12. The van der Waals surface area contributed by atoms with Gasteiger partial charge >= 0.3 is 5.69 Å². The highest BCUT2D eigenvalue weighted by Gasteiger charge is 2.20. The number of H-pyrrole nitrogens is 1. The number of hydrogen-bond donors (Lipinski definition) is 2. The summed E-state index contributed by atoms with van der Waals surface area (Å²) in [5.74, 6) is 0. The summed E-state index contributed by atoms with van der Waals surface area (Å²) in [5.41, 5.74) is 1.38. The third kappa shape index (κ3) is 3.14. The third-order valence-electron chi connectivity index (χ3n) is 4.31. The average Bonchev–Trinajstić information content (AvgIpc) is 3.31. The van der Waals surface area contributed by atoms with Crippen molar-refractivity contribution in [3.63, 3.8) is 0 Å². The first kappa shape index (κ1) is 16.9. The monoisotopic (exact) mass is 375 g/mol. The van der Waals surface area contributed by atoms with Crippen molar-refractivity contribution in [2.75, 3.05) is 13.2 Å². The van der Waals surface area contributed by atoms with Crippen molar-refractivity contribution in [2.45, 2.75) is 23.8 Å². The molecule has 0 bridgehead atoms. The molecule has 0 aliphatic carbocycles. The normalized spacial score (nSPS) is 17.8. The molecular weight excluding hydrogens is 358 g/mol. The van der Waals surface area contributed by atoms with Crippen molar-refractivity contribution in [1.82, 2.24) is 24.3 Å². The van der Waals surface area contributed by atoms with Crippen molar-refractivity contribution in [1.29, 1.82) is 0 Å². The Hall–Kier alpha value is -2.56. The van der Waals surface area contributed by atoms with Gasteiger partial charge in [-0.2, -0.15) is 9.61 Å². The van der Waals surface area contributed by atoms with Gasteiger partial charge in [0, 0.05) is 18.7 Å². The highest BCUT2D eigenvalue weighted by atomic mass is 32.2. The van der Waals surface area contributed by atoms with Crippen LogP contribution in [-0.2, 0) is 14.8 Å². The van der Waals surface area contributed by atoms with E-state index < -0.39 is 15.7 Å². The number of nitrogens with one attached hydrogen (secondary N) is 2. The maximum Gasteiger partial charge on any atom is 0.349 e. The van der Waals surface area contributed by atoms with E-state index in [1.807, 2.05) is 0 Å². The maximum absolute atomic E-state index is 12.4. The fourth-order valence-corrected chi connectivity index (χ4v) is 4.00. The molecule has 1 aromatic carbocycles. The number of fused-ring (bicyclic) bond motifs is 1. The lowest BCUT2D eigenvalue weighted by Crippen LogP contribution is -2.31. The van der Waals surface area contributed by atoms with E-state index in [-0.39, 0.29) is 17.5 Å². The van der Waals surface area contributed by atoms with Crippen LogP contribution in [0.3, 0.4) is 0 Å². The van der Waals surface area contributed by atoms with Crippen LogP contribution >= 0.6 is 0 Å². The molecule has 3 aromatic rings. The van der Waals surface area contributed by atoms with Gasteiger partial charge in [-0.05, 0) is 30.5 Å². The molecular formula is C16H17N5O4S. The first-order chi connectivity index (χ1) is 12.5. The highest BCUT2D eigenvalue weighted by molar-refractivity contribution is 7.89. The molecule has 0 radical (unpaired) electrons. The summed E-state index contributed by atoms with van der Waals surface area (Å²) in [4.78, 5) is 18.4. The van der Waals surface area contributed by atoms with Gasteiger partial charge in [-0.15, -0.1) is 0 Å². The molecule has 9 nitrogen and oxygen atoms in total. The minimum atomic E-state index is -3.60. The Balaban J connectivity index is 1.57. The minimum absolute atomic E-state index is 0.0630. The number of aromatic nitrogens is 4. The number of nitrogens with zero attached hydrogens (tertiary/aromatic N) is 3. The van der Waals surface area contributed by atoms with Gasteiger partial charge < -0.3 is 4.74 Å². The summed E-state index contributed by atoms with van der Waals surface area (Å²) >= 11 is 0. The Kier molecular flexibility index (Phi) is 4.31. The molecule has 2 aromatic heterocycles. The molecule has 0 saturated carbocycles. The number of rotatable bonds is 5. The quantitative estimate of drug-likeness (QED) is 0.672. The van der Waals surface area contributed by atoms with Crippen LogP contribution < -0.4 is 10.4 Å². The Bertz CT molecular complexity index is 1080. The van der Waals surface area contributed by atoms with Crippen LogP contribution in [0.2, 0.25) is 0 Å². The van der Waals surface area contributed by atoms with E-state index in [1.165, 1.54) is 24.7 Å². The van der Waals surface area contributed by atoms with E-state index in [0.29, 0.717) is 17.8 Å². The molecule has 26 heavy (non-hydrogen) atoms. The Morgan fingerprint density at radius 1 is 1.31 bits per heavy atom. The van der Waals surface area contributed by atoms with Gasteiger partial charge in [-0.3, -0.25) is 4.98 Å². The largest absolute Gasteiger partial charge is 0.377 e. The zero-order chi connectivity index (χ0) is 18.1. The number of ether oxygens (including phenoxy) is 1. The van der Waals surface area contributed by atoms with Crippen LogP contribution in [0.5, 0.6) is 0 Å². The van der Waals surface area contributed by atoms with Gasteiger partial charge in [0.2, 0.25) is 10.0 Å². The molecule has 4 rings (SSSR count). The topological polar surface area (TPSA) is 118 Å². The smallest absolute Gasteiger partial charge is 0.349 e. The van der Waals surface area contributed by atoms with E-state index in [1.54, 1.807) is 12.1 Å². The van der Waals surface area contributed by atoms with Crippen LogP contribution in [0.4, 0.5) is 0 Å². The zero-order valence-electron chi connectivity index (χ0n) is 13.8. The molecule has 1 saturated heterocycles. The van der Waals surface area contributed by atoms with Crippen LogP contribution in [0, 0.1) is 0 Å². The Morgan fingerprint density at radius 3 is 2.85 bits per heavy atom. The predicted octanol–water partition coefficient (Wildman–Crippen LogP) is 0.542. The predicted molar refractivity (Wildman–Crippen MR) is 93.2 cm³/mol. The van der Waals surface area contributed by atoms with Crippen molar-refractivity contribution in [2.24, 2.45) is 0 Å². The van der Waals surface area contributed by atoms with Crippen molar-refractivity contribution in [3.05, 3.63) is 47.3 Å². The third-order valence-corrected chi connectivity index (χ3v) is 5.75. The van der Waals surface area contributed by atoms with Crippen LogP contribution in [0.25, 0.3) is 16.8 Å². The van der Waals surface area contributed by atoms with Crippen molar-refractivity contribution in [3.8, 4) is 11.1 Å². The van der Waals surface area contributed by atoms with Gasteiger partial charge in [0.05, 0.1) is 23.5 Å². The van der Waals surface area contributed by atoms with Gasteiger partial charge in [-0.1, -0.05) is 12.1 Å². The molecule has 136 valence electrons. The van der Waals surface area contributed by atoms with E-state index in [4.69, 9.17) is 4.74 Å². The van der Waals surface area contributed by atoms with Crippen LogP contribution in [-0.4, -0.2) is 47.3 Å². The van der Waals surface area contributed by atoms with Crippen molar-refractivity contribution >= 4 is 15.7 Å². The molecule has 10 heteroatoms. The minimum Gasteiger partial charge on any atom is -0.377 e. The summed E-state index contributed by atoms with van der Waals surface area (Å²) in [6, 6.07) is 6.37. The molecule has 0 amide bonds. The average molecular weight is 375 g/mol. The lowest BCUT2D eigenvalue weighted by Gasteiger charge is -2.11. The molecule has 3 heterocycles. The number of benzene rings is 1. The summed E-state index contributed by atoms with van der Waals surface area (Å²) in [5, 5.41) is 4.01. The second-order valence-corrected chi connectivity index (χ2v) is 7.78. The molecule has 1 atom stereocenters. The molecule has 1 aliphatic heterocycles. The Labute approximate surface area is 149 Å². The lowest BCUT2D eigenvalue weighted by atomic mass is 10.1. The summed E-state index contributed by atoms with van der Waals surface area (Å²) in [6.07, 6.45) is 4.58. The standard InChI is InChI=1S/C16H17N5O4S/c22-16-18-10-17-15-14(9-19-21(15)16)11-3-5-13(6-4-11)26(23,24)20-8-12-2-1-7-25-12/h3-6,9-10,12,20H,1-2,7-8H2,(H,17,18,22). The second-order valence-electron chi connectivity index (χ2n) is 6.01. The van der Waals surface area contributed by atoms with E-state index in [0.717, 1.165) is 22.9 Å². The maximum atomic E-state index is 12.4. The summed E-state index contributed by atoms with van der Waals surface area (Å²) < 4.78 is 34.0. The number of aromatic amines is 1. The Morgan fingerprint density at radius 2 is 2.12 bits per heavy atom. The van der Waals surface area contributed by atoms with Gasteiger partial charge in [0.1, 0.15) is 0 Å². The molecule has 2 N–H and O–H groups in total. The van der Waals surface area contributed by atoms with E-state index in [2.05, 4.69) is 19.8 Å². The first-order valence-electron chi connectivity index (χ1n) is 8.18. The van der Waals surface area contributed by atoms with Crippen LogP contribution in [0.15, 0.2) is 46.5 Å². The fraction of sp³-hybridized carbons (Fsp3) is 0.312. The molecule has 0 spiro atoms.